The van der Waals surface area contributed by atoms with Gasteiger partial charge in [-0.05, 0) is 72.8 Å². The number of carbonyl (C=O) groups is 1. The molecular formula is C20H21N3O4S. The predicted octanol–water partition coefficient (Wildman–Crippen LogP) is 2.58. The average molecular weight is 399 g/mol. The lowest BCUT2D eigenvalue weighted by molar-refractivity contribution is -0.114. The minimum absolute atomic E-state index is 0.0466. The monoisotopic (exact) mass is 399 g/mol. The second-order valence-electron chi connectivity index (χ2n) is 6.68. The molecule has 0 aliphatic heterocycles. The molecular weight excluding hydrogens is 378 g/mol. The van der Waals surface area contributed by atoms with Crippen molar-refractivity contribution < 1.29 is 13.2 Å². The SMILES string of the molecule is CC(=O)Nc1ccc(S(=O)(=O)NCc2cc3cc(C)c(C)cc3[nH]c2=O)cc1. The zero-order valence-corrected chi connectivity index (χ0v) is 16.6. The summed E-state index contributed by atoms with van der Waals surface area (Å²) in [6.07, 6.45) is 0. The second kappa shape index (κ2) is 7.57. The minimum atomic E-state index is -3.80. The molecule has 1 aromatic heterocycles. The lowest BCUT2D eigenvalue weighted by Crippen LogP contribution is -2.27. The van der Waals surface area contributed by atoms with Crippen molar-refractivity contribution in [2.24, 2.45) is 0 Å². The van der Waals surface area contributed by atoms with E-state index >= 15 is 0 Å². The van der Waals surface area contributed by atoms with Crippen molar-refractivity contribution in [2.45, 2.75) is 32.2 Å². The van der Waals surface area contributed by atoms with Crippen molar-refractivity contribution in [1.29, 1.82) is 0 Å². The first kappa shape index (κ1) is 19.8. The van der Waals surface area contributed by atoms with Crippen LogP contribution in [-0.4, -0.2) is 19.3 Å². The van der Waals surface area contributed by atoms with Gasteiger partial charge in [0.05, 0.1) is 4.90 Å². The maximum atomic E-state index is 12.5. The number of nitrogens with one attached hydrogen (secondary N) is 3. The summed E-state index contributed by atoms with van der Waals surface area (Å²) in [5.74, 6) is -0.241. The Balaban J connectivity index is 1.82. The number of aryl methyl sites for hydroxylation is 2. The van der Waals surface area contributed by atoms with Gasteiger partial charge >= 0.3 is 0 Å². The van der Waals surface area contributed by atoms with Crippen molar-refractivity contribution in [1.82, 2.24) is 9.71 Å². The van der Waals surface area contributed by atoms with Crippen LogP contribution < -0.4 is 15.6 Å². The highest BCUT2D eigenvalue weighted by molar-refractivity contribution is 7.89. The van der Waals surface area contributed by atoms with Crippen LogP contribution in [0.5, 0.6) is 0 Å². The summed E-state index contributed by atoms with van der Waals surface area (Å²) in [7, 11) is -3.80. The van der Waals surface area contributed by atoms with E-state index in [9.17, 15) is 18.0 Å². The van der Waals surface area contributed by atoms with E-state index in [-0.39, 0.29) is 22.9 Å². The molecule has 0 atom stereocenters. The molecule has 0 aliphatic carbocycles. The molecule has 0 saturated heterocycles. The molecule has 146 valence electrons. The second-order valence-corrected chi connectivity index (χ2v) is 8.44. The third-order valence-electron chi connectivity index (χ3n) is 4.47. The van der Waals surface area contributed by atoms with Gasteiger partial charge in [-0.25, -0.2) is 13.1 Å². The third kappa shape index (κ3) is 4.29. The van der Waals surface area contributed by atoms with Gasteiger partial charge in [-0.1, -0.05) is 0 Å². The molecule has 3 rings (SSSR count). The third-order valence-corrected chi connectivity index (χ3v) is 5.89. The number of hydrogen-bond acceptors (Lipinski definition) is 4. The largest absolute Gasteiger partial charge is 0.326 e. The van der Waals surface area contributed by atoms with Crippen molar-refractivity contribution in [3.8, 4) is 0 Å². The Morgan fingerprint density at radius 1 is 1.04 bits per heavy atom. The highest BCUT2D eigenvalue weighted by Crippen LogP contribution is 2.18. The van der Waals surface area contributed by atoms with E-state index in [0.29, 0.717) is 16.8 Å². The Morgan fingerprint density at radius 2 is 1.68 bits per heavy atom. The zero-order valence-electron chi connectivity index (χ0n) is 15.8. The van der Waals surface area contributed by atoms with Gasteiger partial charge in [0.25, 0.3) is 5.56 Å². The highest BCUT2D eigenvalue weighted by Gasteiger charge is 2.15. The van der Waals surface area contributed by atoms with E-state index in [1.54, 1.807) is 6.07 Å². The number of aromatic nitrogens is 1. The summed E-state index contributed by atoms with van der Waals surface area (Å²) in [5, 5.41) is 3.42. The molecule has 8 heteroatoms. The Kier molecular flexibility index (Phi) is 5.35. The fourth-order valence-electron chi connectivity index (χ4n) is 2.83. The number of fused-ring (bicyclic) bond motifs is 1. The van der Waals surface area contributed by atoms with E-state index in [1.807, 2.05) is 26.0 Å². The standard InChI is InChI=1S/C20H21N3O4S/c1-12-8-15-10-16(20(25)23-19(15)9-13(12)2)11-21-28(26,27)18-6-4-17(5-7-18)22-14(3)24/h4-10,21H,11H2,1-3H3,(H,22,24)(H,23,25). The lowest BCUT2D eigenvalue weighted by atomic mass is 10.1. The fourth-order valence-corrected chi connectivity index (χ4v) is 3.84. The fraction of sp³-hybridized carbons (Fsp3) is 0.200. The van der Waals surface area contributed by atoms with E-state index in [0.717, 1.165) is 16.5 Å². The van der Waals surface area contributed by atoms with Crippen LogP contribution in [0.3, 0.4) is 0 Å². The summed E-state index contributed by atoms with van der Waals surface area (Å²) >= 11 is 0. The number of H-pyrrole nitrogens is 1. The maximum absolute atomic E-state index is 12.5. The van der Waals surface area contributed by atoms with Gasteiger partial charge in [0.2, 0.25) is 15.9 Å². The number of pyridine rings is 1. The molecule has 7 nitrogen and oxygen atoms in total. The van der Waals surface area contributed by atoms with Crippen LogP contribution in [-0.2, 0) is 21.4 Å². The van der Waals surface area contributed by atoms with Gasteiger partial charge in [-0.2, -0.15) is 0 Å². The molecule has 0 saturated carbocycles. The van der Waals surface area contributed by atoms with E-state index in [4.69, 9.17) is 0 Å². The Morgan fingerprint density at radius 3 is 2.32 bits per heavy atom. The summed E-state index contributed by atoms with van der Waals surface area (Å²) in [6.45, 7) is 5.18. The minimum Gasteiger partial charge on any atom is -0.326 e. The molecule has 0 unspecified atom stereocenters. The first-order valence-corrected chi connectivity index (χ1v) is 10.1. The van der Waals surface area contributed by atoms with Crippen LogP contribution in [0.1, 0.15) is 23.6 Å². The molecule has 0 bridgehead atoms. The lowest BCUT2D eigenvalue weighted by Gasteiger charge is -2.09. The average Bonchev–Trinajstić information content (AvgIpc) is 2.61. The number of rotatable bonds is 5. The number of hydrogen-bond donors (Lipinski definition) is 3. The summed E-state index contributed by atoms with van der Waals surface area (Å²) in [5.41, 5.74) is 3.37. The van der Waals surface area contributed by atoms with Crippen molar-refractivity contribution in [3.63, 3.8) is 0 Å². The molecule has 2 aromatic carbocycles. The van der Waals surface area contributed by atoms with Crippen molar-refractivity contribution in [2.75, 3.05) is 5.32 Å². The molecule has 0 fully saturated rings. The maximum Gasteiger partial charge on any atom is 0.252 e. The Labute approximate surface area is 162 Å². The quantitative estimate of drug-likeness (QED) is 0.613. The molecule has 1 heterocycles. The van der Waals surface area contributed by atoms with Gasteiger partial charge in [0, 0.05) is 30.2 Å². The van der Waals surface area contributed by atoms with Crippen LogP contribution in [0.25, 0.3) is 10.9 Å². The zero-order chi connectivity index (χ0) is 20.5. The number of carbonyl (C=O) groups excluding carboxylic acids is 1. The highest BCUT2D eigenvalue weighted by atomic mass is 32.2. The van der Waals surface area contributed by atoms with E-state index < -0.39 is 10.0 Å². The van der Waals surface area contributed by atoms with Gasteiger partial charge in [-0.3, -0.25) is 9.59 Å². The van der Waals surface area contributed by atoms with E-state index in [1.165, 1.54) is 31.2 Å². The van der Waals surface area contributed by atoms with Crippen molar-refractivity contribution >= 4 is 32.5 Å². The predicted molar refractivity (Wildman–Crippen MR) is 109 cm³/mol. The molecule has 0 spiro atoms. The number of benzene rings is 2. The molecule has 28 heavy (non-hydrogen) atoms. The first-order valence-electron chi connectivity index (χ1n) is 8.66. The molecule has 3 aromatic rings. The number of anilines is 1. The van der Waals surface area contributed by atoms with Gasteiger partial charge in [-0.15, -0.1) is 0 Å². The van der Waals surface area contributed by atoms with Gasteiger partial charge in [0.1, 0.15) is 0 Å². The van der Waals surface area contributed by atoms with Crippen LogP contribution in [0.15, 0.2) is 52.2 Å². The number of sulfonamides is 1. The summed E-state index contributed by atoms with van der Waals surface area (Å²) in [6, 6.07) is 11.3. The van der Waals surface area contributed by atoms with Gasteiger partial charge in [0.15, 0.2) is 0 Å². The number of aromatic amines is 1. The molecule has 0 aliphatic rings. The smallest absolute Gasteiger partial charge is 0.252 e. The molecule has 0 radical (unpaired) electrons. The van der Waals surface area contributed by atoms with Crippen molar-refractivity contribution in [3.05, 3.63) is 69.5 Å². The van der Waals surface area contributed by atoms with Crippen LogP contribution >= 0.6 is 0 Å². The van der Waals surface area contributed by atoms with E-state index in [2.05, 4.69) is 15.0 Å². The Hall–Kier alpha value is -2.97. The molecule has 3 N–H and O–H groups in total. The molecule has 1 amide bonds. The summed E-state index contributed by atoms with van der Waals surface area (Å²) in [4.78, 5) is 26.2. The first-order chi connectivity index (χ1) is 13.2. The Bertz CT molecular complexity index is 1210. The topological polar surface area (TPSA) is 108 Å². The van der Waals surface area contributed by atoms with Gasteiger partial charge < -0.3 is 10.3 Å². The number of amides is 1. The van der Waals surface area contributed by atoms with Crippen LogP contribution in [0.2, 0.25) is 0 Å². The summed E-state index contributed by atoms with van der Waals surface area (Å²) < 4.78 is 27.5. The normalized spacial score (nSPS) is 11.5. The van der Waals surface area contributed by atoms with Crippen LogP contribution in [0, 0.1) is 13.8 Å². The van der Waals surface area contributed by atoms with Crippen LogP contribution in [0.4, 0.5) is 5.69 Å².